The zero-order valence-electron chi connectivity index (χ0n) is 10.2. The van der Waals surface area contributed by atoms with Gasteiger partial charge in [0.25, 0.3) is 0 Å². The standard InChI is InChI=1S/C13H11Cl3N2O2/c14-8-4-9(15)6-11(5-8)18-12(19)17-10-2-1-3-13(16,20)7-10/h1-6,20H,7H2,(H2,17,18,19). The molecule has 20 heavy (non-hydrogen) atoms. The van der Waals surface area contributed by atoms with Gasteiger partial charge in [0.1, 0.15) is 0 Å². The molecule has 106 valence electrons. The van der Waals surface area contributed by atoms with Crippen LogP contribution in [-0.4, -0.2) is 16.2 Å². The van der Waals surface area contributed by atoms with Gasteiger partial charge in [-0.05, 0) is 30.4 Å². The van der Waals surface area contributed by atoms with E-state index in [2.05, 4.69) is 10.6 Å². The highest BCUT2D eigenvalue weighted by atomic mass is 35.5. The van der Waals surface area contributed by atoms with Crippen LogP contribution in [-0.2, 0) is 0 Å². The van der Waals surface area contributed by atoms with E-state index in [4.69, 9.17) is 34.8 Å². The largest absolute Gasteiger partial charge is 0.371 e. The van der Waals surface area contributed by atoms with Gasteiger partial charge in [-0.1, -0.05) is 40.9 Å². The molecule has 1 aromatic carbocycles. The number of amides is 2. The first kappa shape index (κ1) is 15.2. The number of benzene rings is 1. The Bertz CT molecular complexity index is 577. The van der Waals surface area contributed by atoms with Gasteiger partial charge >= 0.3 is 6.03 Å². The second-order valence-electron chi connectivity index (χ2n) is 4.28. The Hall–Kier alpha value is -1.20. The normalized spacial score (nSPS) is 21.3. The van der Waals surface area contributed by atoms with Crippen LogP contribution < -0.4 is 10.6 Å². The maximum atomic E-state index is 11.8. The van der Waals surface area contributed by atoms with Gasteiger partial charge in [0.2, 0.25) is 0 Å². The van der Waals surface area contributed by atoms with E-state index in [0.717, 1.165) is 0 Å². The summed E-state index contributed by atoms with van der Waals surface area (Å²) in [4.78, 5) is 11.8. The fraction of sp³-hybridized carbons (Fsp3) is 0.154. The van der Waals surface area contributed by atoms with Crippen LogP contribution in [0.1, 0.15) is 6.42 Å². The molecule has 0 aromatic heterocycles. The topological polar surface area (TPSA) is 61.4 Å². The van der Waals surface area contributed by atoms with Gasteiger partial charge in [-0.15, -0.1) is 0 Å². The molecule has 1 unspecified atom stereocenters. The maximum Gasteiger partial charge on any atom is 0.323 e. The first-order valence-electron chi connectivity index (χ1n) is 5.68. The minimum absolute atomic E-state index is 0.106. The summed E-state index contributed by atoms with van der Waals surface area (Å²) in [5.41, 5.74) is 0.962. The lowest BCUT2D eigenvalue weighted by Gasteiger charge is -2.21. The molecule has 0 saturated heterocycles. The second kappa shape index (κ2) is 6.06. The molecule has 1 aliphatic carbocycles. The molecule has 0 saturated carbocycles. The third-order valence-corrected chi connectivity index (χ3v) is 3.18. The molecule has 2 amide bonds. The summed E-state index contributed by atoms with van der Waals surface area (Å²) in [7, 11) is 0. The molecular weight excluding hydrogens is 323 g/mol. The molecule has 0 heterocycles. The summed E-state index contributed by atoms with van der Waals surface area (Å²) in [6, 6.07) is 4.23. The van der Waals surface area contributed by atoms with E-state index in [9.17, 15) is 9.90 Å². The highest BCUT2D eigenvalue weighted by Gasteiger charge is 2.24. The number of rotatable bonds is 2. The maximum absolute atomic E-state index is 11.8. The monoisotopic (exact) mass is 332 g/mol. The Morgan fingerprint density at radius 3 is 2.45 bits per heavy atom. The van der Waals surface area contributed by atoms with Crippen molar-refractivity contribution in [2.75, 3.05) is 5.32 Å². The zero-order valence-corrected chi connectivity index (χ0v) is 12.4. The lowest BCUT2D eigenvalue weighted by Crippen LogP contribution is -2.32. The van der Waals surface area contributed by atoms with Gasteiger partial charge in [-0.2, -0.15) is 0 Å². The van der Waals surface area contributed by atoms with E-state index in [1.54, 1.807) is 30.4 Å². The van der Waals surface area contributed by atoms with Gasteiger partial charge in [0, 0.05) is 27.9 Å². The summed E-state index contributed by atoms with van der Waals surface area (Å²) in [6.45, 7) is 0. The predicted octanol–water partition coefficient (Wildman–Crippen LogP) is 3.89. The van der Waals surface area contributed by atoms with Crippen molar-refractivity contribution in [3.8, 4) is 0 Å². The van der Waals surface area contributed by atoms with Crippen LogP contribution in [0.2, 0.25) is 10.0 Å². The van der Waals surface area contributed by atoms with E-state index < -0.39 is 11.1 Å². The molecule has 0 spiro atoms. The van der Waals surface area contributed by atoms with Crippen molar-refractivity contribution >= 4 is 46.5 Å². The number of carbonyl (C=O) groups is 1. The van der Waals surface area contributed by atoms with Gasteiger partial charge in [-0.25, -0.2) is 4.79 Å². The van der Waals surface area contributed by atoms with Crippen LogP contribution in [0.15, 0.2) is 42.1 Å². The van der Waals surface area contributed by atoms with Crippen LogP contribution in [0, 0.1) is 0 Å². The molecule has 0 aliphatic heterocycles. The number of alkyl halides is 1. The van der Waals surface area contributed by atoms with Crippen LogP contribution >= 0.6 is 34.8 Å². The van der Waals surface area contributed by atoms with E-state index in [1.165, 1.54) is 6.08 Å². The van der Waals surface area contributed by atoms with Crippen LogP contribution in [0.25, 0.3) is 0 Å². The Morgan fingerprint density at radius 1 is 1.20 bits per heavy atom. The quantitative estimate of drug-likeness (QED) is 0.719. The fourth-order valence-corrected chi connectivity index (χ4v) is 2.46. The first-order chi connectivity index (χ1) is 9.34. The number of hydrogen-bond donors (Lipinski definition) is 3. The third-order valence-electron chi connectivity index (χ3n) is 2.48. The third kappa shape index (κ3) is 4.42. The molecule has 0 fully saturated rings. The number of allylic oxidation sites excluding steroid dienone is 2. The average Bonchev–Trinajstić information content (AvgIpc) is 2.25. The van der Waals surface area contributed by atoms with Crippen LogP contribution in [0.4, 0.5) is 10.5 Å². The number of halogens is 3. The summed E-state index contributed by atoms with van der Waals surface area (Å²) < 4.78 is 0. The second-order valence-corrected chi connectivity index (χ2v) is 5.81. The number of anilines is 1. The molecule has 2 rings (SSSR count). The van der Waals surface area contributed by atoms with Gasteiger partial charge in [0.15, 0.2) is 5.06 Å². The van der Waals surface area contributed by atoms with E-state index in [-0.39, 0.29) is 6.42 Å². The minimum atomic E-state index is -1.48. The fourth-order valence-electron chi connectivity index (χ4n) is 1.72. The summed E-state index contributed by atoms with van der Waals surface area (Å²) in [5.74, 6) is 0. The average molecular weight is 334 g/mol. The first-order valence-corrected chi connectivity index (χ1v) is 6.81. The van der Waals surface area contributed by atoms with E-state index >= 15 is 0 Å². The van der Waals surface area contributed by atoms with Crippen molar-refractivity contribution in [1.29, 1.82) is 0 Å². The number of nitrogens with one attached hydrogen (secondary N) is 2. The predicted molar refractivity (Wildman–Crippen MR) is 81.3 cm³/mol. The van der Waals surface area contributed by atoms with Crippen LogP contribution in [0.5, 0.6) is 0 Å². The smallest absolute Gasteiger partial charge is 0.323 e. The van der Waals surface area contributed by atoms with E-state index in [1.807, 2.05) is 0 Å². The number of urea groups is 1. The van der Waals surface area contributed by atoms with Gasteiger partial charge in [0.05, 0.1) is 0 Å². The molecule has 3 N–H and O–H groups in total. The molecular formula is C13H11Cl3N2O2. The molecule has 1 atom stereocenters. The number of aliphatic hydroxyl groups is 1. The van der Waals surface area contributed by atoms with Crippen molar-refractivity contribution in [2.24, 2.45) is 0 Å². The lowest BCUT2D eigenvalue weighted by molar-refractivity contribution is 0.176. The molecule has 1 aromatic rings. The Balaban J connectivity index is 1.99. The minimum Gasteiger partial charge on any atom is -0.371 e. The summed E-state index contributed by atoms with van der Waals surface area (Å²) >= 11 is 17.4. The van der Waals surface area contributed by atoms with Crippen molar-refractivity contribution < 1.29 is 9.90 Å². The highest BCUT2D eigenvalue weighted by molar-refractivity contribution is 6.35. The van der Waals surface area contributed by atoms with Crippen molar-refractivity contribution in [3.63, 3.8) is 0 Å². The van der Waals surface area contributed by atoms with Crippen molar-refractivity contribution in [2.45, 2.75) is 11.5 Å². The molecule has 0 bridgehead atoms. The Kier molecular flexibility index (Phi) is 4.60. The van der Waals surface area contributed by atoms with Crippen molar-refractivity contribution in [3.05, 3.63) is 52.2 Å². The summed E-state index contributed by atoms with van der Waals surface area (Å²) in [6.07, 6.45) is 4.77. The van der Waals surface area contributed by atoms with Gasteiger partial charge in [-0.3, -0.25) is 0 Å². The Morgan fingerprint density at radius 2 is 1.85 bits per heavy atom. The molecule has 1 aliphatic rings. The lowest BCUT2D eigenvalue weighted by atomic mass is 10.1. The zero-order chi connectivity index (χ0) is 14.8. The molecule has 7 heteroatoms. The van der Waals surface area contributed by atoms with Crippen LogP contribution in [0.3, 0.4) is 0 Å². The van der Waals surface area contributed by atoms with E-state index in [0.29, 0.717) is 21.4 Å². The summed E-state index contributed by atoms with van der Waals surface area (Å²) in [5, 5.41) is 14.2. The van der Waals surface area contributed by atoms with Gasteiger partial charge < -0.3 is 15.7 Å². The SMILES string of the molecule is O=C(NC1=CC=CC(O)(Cl)C1)Nc1cc(Cl)cc(Cl)c1. The number of carbonyl (C=O) groups excluding carboxylic acids is 1. The van der Waals surface area contributed by atoms with Crippen molar-refractivity contribution in [1.82, 2.24) is 5.32 Å². The molecule has 0 radical (unpaired) electrons. The number of hydrogen-bond acceptors (Lipinski definition) is 2. The molecule has 4 nitrogen and oxygen atoms in total. The highest BCUT2D eigenvalue weighted by Crippen LogP contribution is 2.26. The Labute approximate surface area is 131 Å².